The van der Waals surface area contributed by atoms with Gasteiger partial charge in [-0.15, -0.1) is 0 Å². The van der Waals surface area contributed by atoms with E-state index in [0.717, 1.165) is 11.1 Å². The molecule has 2 heterocycles. The molecule has 0 bridgehead atoms. The molecule has 0 unspecified atom stereocenters. The standard InChI is InChI=1S/C22H18ClN3O3/c1-3-28-18-9-7-14(12-16(18)23)21(27)25-17-8-6-15(11-13(17)2)22-26-20-19(29-22)5-4-10-24-20/h4-12H,3H2,1-2H3,(H,25,27). The van der Waals surface area contributed by atoms with Gasteiger partial charge in [-0.05, 0) is 67.9 Å². The zero-order valence-corrected chi connectivity index (χ0v) is 16.7. The number of fused-ring (bicyclic) bond motifs is 1. The molecular formula is C22H18ClN3O3. The average Bonchev–Trinajstić information content (AvgIpc) is 3.15. The van der Waals surface area contributed by atoms with Crippen molar-refractivity contribution in [3.63, 3.8) is 0 Å². The number of aromatic nitrogens is 2. The van der Waals surface area contributed by atoms with E-state index in [0.29, 0.717) is 45.8 Å². The van der Waals surface area contributed by atoms with Crippen LogP contribution in [0.2, 0.25) is 5.02 Å². The number of nitrogens with zero attached hydrogens (tertiary/aromatic N) is 2. The fourth-order valence-electron chi connectivity index (χ4n) is 2.94. The third-order valence-corrected chi connectivity index (χ3v) is 4.68. The van der Waals surface area contributed by atoms with Gasteiger partial charge in [-0.3, -0.25) is 4.79 Å². The van der Waals surface area contributed by atoms with Gasteiger partial charge in [0.25, 0.3) is 5.91 Å². The largest absolute Gasteiger partial charge is 0.492 e. The first kappa shape index (κ1) is 19.0. The summed E-state index contributed by atoms with van der Waals surface area (Å²) in [5.41, 5.74) is 4.02. The first-order chi connectivity index (χ1) is 14.0. The third-order valence-electron chi connectivity index (χ3n) is 4.38. The lowest BCUT2D eigenvalue weighted by atomic mass is 10.1. The highest BCUT2D eigenvalue weighted by Crippen LogP contribution is 2.28. The Kier molecular flexibility index (Phi) is 5.18. The summed E-state index contributed by atoms with van der Waals surface area (Å²) in [4.78, 5) is 21.2. The van der Waals surface area contributed by atoms with Gasteiger partial charge < -0.3 is 14.5 Å². The third kappa shape index (κ3) is 3.93. The second-order valence-corrected chi connectivity index (χ2v) is 6.81. The van der Waals surface area contributed by atoms with Gasteiger partial charge in [0.1, 0.15) is 5.75 Å². The predicted molar refractivity (Wildman–Crippen MR) is 113 cm³/mol. The topological polar surface area (TPSA) is 77.2 Å². The molecule has 4 aromatic rings. The van der Waals surface area contributed by atoms with Crippen LogP contribution in [0.1, 0.15) is 22.8 Å². The number of hydrogen-bond acceptors (Lipinski definition) is 5. The summed E-state index contributed by atoms with van der Waals surface area (Å²) >= 11 is 6.18. The first-order valence-electron chi connectivity index (χ1n) is 9.11. The van der Waals surface area contributed by atoms with E-state index >= 15 is 0 Å². The average molecular weight is 408 g/mol. The van der Waals surface area contributed by atoms with Crippen LogP contribution in [0.25, 0.3) is 22.7 Å². The van der Waals surface area contributed by atoms with Gasteiger partial charge in [0.2, 0.25) is 5.89 Å². The van der Waals surface area contributed by atoms with Crippen LogP contribution >= 0.6 is 11.6 Å². The zero-order chi connectivity index (χ0) is 20.4. The van der Waals surface area contributed by atoms with Crippen LogP contribution in [-0.2, 0) is 0 Å². The van der Waals surface area contributed by atoms with Crippen LogP contribution in [0.5, 0.6) is 5.75 Å². The quantitative estimate of drug-likeness (QED) is 0.472. The Morgan fingerprint density at radius 3 is 2.79 bits per heavy atom. The summed E-state index contributed by atoms with van der Waals surface area (Å²) in [6, 6.07) is 14.2. The Balaban J connectivity index is 1.55. The smallest absolute Gasteiger partial charge is 0.255 e. The number of carbonyl (C=O) groups is 1. The SMILES string of the molecule is CCOc1ccc(C(=O)Nc2ccc(-c3nc4ncccc4o3)cc2C)cc1Cl. The highest BCUT2D eigenvalue weighted by Gasteiger charge is 2.13. The van der Waals surface area contributed by atoms with Crippen LogP contribution in [-0.4, -0.2) is 22.5 Å². The molecular weight excluding hydrogens is 390 g/mol. The molecule has 0 saturated heterocycles. The predicted octanol–water partition coefficient (Wildman–Crippen LogP) is 5.50. The Hall–Kier alpha value is -3.38. The number of carbonyl (C=O) groups excluding carboxylic acids is 1. The van der Waals surface area contributed by atoms with E-state index in [4.69, 9.17) is 20.8 Å². The molecule has 146 valence electrons. The summed E-state index contributed by atoms with van der Waals surface area (Å²) in [6.07, 6.45) is 1.67. The lowest BCUT2D eigenvalue weighted by molar-refractivity contribution is 0.102. The van der Waals surface area contributed by atoms with Crippen molar-refractivity contribution in [3.8, 4) is 17.2 Å². The number of aryl methyl sites for hydroxylation is 1. The number of rotatable bonds is 5. The lowest BCUT2D eigenvalue weighted by Gasteiger charge is -2.11. The molecule has 4 rings (SSSR count). The number of oxazole rings is 1. The summed E-state index contributed by atoms with van der Waals surface area (Å²) in [7, 11) is 0. The van der Waals surface area contributed by atoms with Crippen molar-refractivity contribution in [2.45, 2.75) is 13.8 Å². The van der Waals surface area contributed by atoms with E-state index in [-0.39, 0.29) is 5.91 Å². The van der Waals surface area contributed by atoms with Crippen LogP contribution in [0.3, 0.4) is 0 Å². The maximum absolute atomic E-state index is 12.6. The highest BCUT2D eigenvalue weighted by atomic mass is 35.5. The molecule has 7 heteroatoms. The fraction of sp³-hybridized carbons (Fsp3) is 0.136. The highest BCUT2D eigenvalue weighted by molar-refractivity contribution is 6.32. The molecule has 0 spiro atoms. The van der Waals surface area contributed by atoms with Gasteiger partial charge in [0.05, 0.1) is 11.6 Å². The van der Waals surface area contributed by atoms with Crippen molar-refractivity contribution in [3.05, 3.63) is 70.9 Å². The zero-order valence-electron chi connectivity index (χ0n) is 15.9. The molecule has 0 saturated carbocycles. The number of pyridine rings is 1. The van der Waals surface area contributed by atoms with Gasteiger partial charge in [-0.2, -0.15) is 4.98 Å². The second-order valence-electron chi connectivity index (χ2n) is 6.41. The summed E-state index contributed by atoms with van der Waals surface area (Å²) in [5, 5.41) is 3.31. The first-order valence-corrected chi connectivity index (χ1v) is 9.49. The van der Waals surface area contributed by atoms with Crippen molar-refractivity contribution in [2.75, 3.05) is 11.9 Å². The number of hydrogen-bond donors (Lipinski definition) is 1. The molecule has 6 nitrogen and oxygen atoms in total. The second kappa shape index (κ2) is 7.93. The molecule has 29 heavy (non-hydrogen) atoms. The van der Waals surface area contributed by atoms with E-state index in [9.17, 15) is 4.79 Å². The molecule has 0 aliphatic carbocycles. The summed E-state index contributed by atoms with van der Waals surface area (Å²) < 4.78 is 11.2. The number of ether oxygens (including phenoxy) is 1. The molecule has 0 fully saturated rings. The van der Waals surface area contributed by atoms with E-state index in [2.05, 4.69) is 15.3 Å². The molecule has 0 atom stereocenters. The minimum Gasteiger partial charge on any atom is -0.492 e. The van der Waals surface area contributed by atoms with Crippen LogP contribution in [0, 0.1) is 6.92 Å². The van der Waals surface area contributed by atoms with E-state index in [1.807, 2.05) is 38.1 Å². The Morgan fingerprint density at radius 2 is 2.07 bits per heavy atom. The normalized spacial score (nSPS) is 10.9. The molecule has 2 aromatic heterocycles. The maximum atomic E-state index is 12.6. The van der Waals surface area contributed by atoms with Crippen molar-refractivity contribution >= 4 is 34.4 Å². The van der Waals surface area contributed by atoms with Crippen molar-refractivity contribution in [2.24, 2.45) is 0 Å². The van der Waals surface area contributed by atoms with Gasteiger partial charge in [0.15, 0.2) is 11.2 Å². The van der Waals surface area contributed by atoms with Gasteiger partial charge in [-0.25, -0.2) is 4.98 Å². The van der Waals surface area contributed by atoms with Crippen molar-refractivity contribution in [1.82, 2.24) is 9.97 Å². The number of halogens is 1. The van der Waals surface area contributed by atoms with E-state index in [1.165, 1.54) is 0 Å². The Bertz CT molecular complexity index is 1170. The van der Waals surface area contributed by atoms with Crippen LogP contribution in [0.15, 0.2) is 59.1 Å². The van der Waals surface area contributed by atoms with Crippen molar-refractivity contribution < 1.29 is 13.9 Å². The van der Waals surface area contributed by atoms with Gasteiger partial charge >= 0.3 is 0 Å². The van der Waals surface area contributed by atoms with E-state index < -0.39 is 0 Å². The molecule has 2 aromatic carbocycles. The molecule has 0 aliphatic rings. The van der Waals surface area contributed by atoms with Crippen molar-refractivity contribution in [1.29, 1.82) is 0 Å². The van der Waals surface area contributed by atoms with Crippen LogP contribution < -0.4 is 10.1 Å². The number of nitrogens with one attached hydrogen (secondary N) is 1. The van der Waals surface area contributed by atoms with Gasteiger partial charge in [-0.1, -0.05) is 11.6 Å². The van der Waals surface area contributed by atoms with Crippen LogP contribution in [0.4, 0.5) is 5.69 Å². The molecule has 1 N–H and O–H groups in total. The monoisotopic (exact) mass is 407 g/mol. The van der Waals surface area contributed by atoms with E-state index in [1.54, 1.807) is 30.5 Å². The lowest BCUT2D eigenvalue weighted by Crippen LogP contribution is -2.13. The molecule has 0 radical (unpaired) electrons. The summed E-state index contributed by atoms with van der Waals surface area (Å²) in [6.45, 7) is 4.29. The minimum atomic E-state index is -0.253. The maximum Gasteiger partial charge on any atom is 0.255 e. The number of amides is 1. The Morgan fingerprint density at radius 1 is 1.21 bits per heavy atom. The van der Waals surface area contributed by atoms with Gasteiger partial charge in [0, 0.05) is 23.0 Å². The summed E-state index contributed by atoms with van der Waals surface area (Å²) in [5.74, 6) is 0.786. The number of anilines is 1. The molecule has 1 amide bonds. The minimum absolute atomic E-state index is 0.253. The molecule has 0 aliphatic heterocycles. The Labute approximate surface area is 172 Å². The fourth-order valence-corrected chi connectivity index (χ4v) is 3.17. The number of benzene rings is 2.